The Bertz CT molecular complexity index is 761. The number of H-pyrrole nitrogens is 1. The van der Waals surface area contributed by atoms with E-state index in [0.717, 1.165) is 35.5 Å². The zero-order valence-electron chi connectivity index (χ0n) is 13.3. The van der Waals surface area contributed by atoms with Gasteiger partial charge in [-0.3, -0.25) is 5.32 Å². The molecule has 2 aromatic heterocycles. The van der Waals surface area contributed by atoms with Crippen LogP contribution in [0, 0.1) is 0 Å². The Morgan fingerprint density at radius 3 is 2.92 bits per heavy atom. The molecular weight excluding hydrogens is 304 g/mol. The number of nitrogens with one attached hydrogen (secondary N) is 4. The summed E-state index contributed by atoms with van der Waals surface area (Å²) in [6, 6.07) is 3.86. The zero-order valence-corrected chi connectivity index (χ0v) is 13.3. The van der Waals surface area contributed by atoms with Crippen molar-refractivity contribution in [1.29, 1.82) is 0 Å². The van der Waals surface area contributed by atoms with Crippen LogP contribution in [0.2, 0.25) is 0 Å². The molecule has 0 radical (unpaired) electrons. The number of pyridine rings is 1. The van der Waals surface area contributed by atoms with Gasteiger partial charge < -0.3 is 15.6 Å². The summed E-state index contributed by atoms with van der Waals surface area (Å²) in [5, 5.41) is 9.17. The topological polar surface area (TPSA) is 94.7 Å². The van der Waals surface area contributed by atoms with Crippen LogP contribution in [0.15, 0.2) is 24.7 Å². The monoisotopic (exact) mass is 324 g/mol. The second kappa shape index (κ2) is 6.35. The number of aromatic nitrogens is 3. The fourth-order valence-electron chi connectivity index (χ4n) is 3.22. The van der Waals surface area contributed by atoms with Gasteiger partial charge in [-0.2, -0.15) is 0 Å². The summed E-state index contributed by atoms with van der Waals surface area (Å²) in [5.74, 6) is 0.549. The molecule has 124 valence electrons. The molecule has 2 aliphatic rings. The Kier molecular flexibility index (Phi) is 3.90. The highest BCUT2D eigenvalue weighted by molar-refractivity contribution is 5.91. The summed E-state index contributed by atoms with van der Waals surface area (Å²) in [5.41, 5.74) is 3.82. The van der Waals surface area contributed by atoms with Gasteiger partial charge in [0, 0.05) is 12.6 Å². The molecule has 3 heterocycles. The van der Waals surface area contributed by atoms with E-state index in [-0.39, 0.29) is 12.1 Å². The SMILES string of the molecule is O=C(Nc1ccc2c(n1)C=C(c1cnc[nH]1)CN2)NC1CCCC1. The van der Waals surface area contributed by atoms with E-state index in [1.54, 1.807) is 12.5 Å². The van der Waals surface area contributed by atoms with Crippen molar-refractivity contribution in [3.8, 4) is 0 Å². The molecule has 0 unspecified atom stereocenters. The van der Waals surface area contributed by atoms with Crippen molar-refractivity contribution < 1.29 is 4.79 Å². The first kappa shape index (κ1) is 14.7. The van der Waals surface area contributed by atoms with Crippen LogP contribution in [0.3, 0.4) is 0 Å². The van der Waals surface area contributed by atoms with Crippen molar-refractivity contribution in [3.05, 3.63) is 36.0 Å². The summed E-state index contributed by atoms with van der Waals surface area (Å²) in [4.78, 5) is 23.8. The molecule has 4 rings (SSSR count). The quantitative estimate of drug-likeness (QED) is 0.698. The first-order chi connectivity index (χ1) is 11.8. The minimum Gasteiger partial charge on any atom is -0.379 e. The van der Waals surface area contributed by atoms with E-state index >= 15 is 0 Å². The number of nitrogens with zero attached hydrogens (tertiary/aromatic N) is 2. The Morgan fingerprint density at radius 1 is 1.25 bits per heavy atom. The maximum absolute atomic E-state index is 12.1. The Balaban J connectivity index is 1.49. The summed E-state index contributed by atoms with van der Waals surface area (Å²) in [6.07, 6.45) is 9.96. The maximum atomic E-state index is 12.1. The highest BCUT2D eigenvalue weighted by Gasteiger charge is 2.18. The van der Waals surface area contributed by atoms with E-state index in [0.29, 0.717) is 12.4 Å². The number of carbonyl (C=O) groups is 1. The number of imidazole rings is 1. The van der Waals surface area contributed by atoms with Gasteiger partial charge in [-0.05, 0) is 36.6 Å². The Morgan fingerprint density at radius 2 is 2.12 bits per heavy atom. The molecule has 1 saturated carbocycles. The third-order valence-corrected chi connectivity index (χ3v) is 4.48. The zero-order chi connectivity index (χ0) is 16.4. The van der Waals surface area contributed by atoms with Gasteiger partial charge in [-0.25, -0.2) is 14.8 Å². The standard InChI is InChI=1S/C17H20N6O/c24-17(21-12-3-1-2-4-12)23-16-6-5-13-14(22-16)7-11(8-19-13)15-9-18-10-20-15/h5-7,9-10,12,19H,1-4,8H2,(H,18,20)(H2,21,22,23,24). The van der Waals surface area contributed by atoms with Gasteiger partial charge >= 0.3 is 6.03 Å². The van der Waals surface area contributed by atoms with E-state index in [1.807, 2.05) is 18.2 Å². The van der Waals surface area contributed by atoms with Crippen molar-refractivity contribution >= 4 is 29.2 Å². The molecule has 0 atom stereocenters. The van der Waals surface area contributed by atoms with Gasteiger partial charge in [0.1, 0.15) is 5.82 Å². The van der Waals surface area contributed by atoms with Gasteiger partial charge in [0.25, 0.3) is 0 Å². The summed E-state index contributed by atoms with van der Waals surface area (Å²) in [6.45, 7) is 0.714. The van der Waals surface area contributed by atoms with Crippen molar-refractivity contribution in [3.63, 3.8) is 0 Å². The largest absolute Gasteiger partial charge is 0.379 e. The predicted octanol–water partition coefficient (Wildman–Crippen LogP) is 2.83. The normalized spacial score (nSPS) is 16.9. The molecule has 0 spiro atoms. The van der Waals surface area contributed by atoms with Gasteiger partial charge in [-0.1, -0.05) is 12.8 Å². The molecule has 7 nitrogen and oxygen atoms in total. The molecule has 1 aliphatic carbocycles. The van der Waals surface area contributed by atoms with Crippen LogP contribution in [0.1, 0.15) is 37.1 Å². The van der Waals surface area contributed by atoms with Gasteiger partial charge in [0.15, 0.2) is 0 Å². The van der Waals surface area contributed by atoms with Crippen molar-refractivity contribution in [1.82, 2.24) is 20.3 Å². The second-order valence-corrected chi connectivity index (χ2v) is 6.20. The third kappa shape index (κ3) is 3.10. The molecule has 24 heavy (non-hydrogen) atoms. The lowest BCUT2D eigenvalue weighted by atomic mass is 10.1. The van der Waals surface area contributed by atoms with Crippen LogP contribution in [0.4, 0.5) is 16.3 Å². The van der Waals surface area contributed by atoms with E-state index in [4.69, 9.17) is 0 Å². The first-order valence-electron chi connectivity index (χ1n) is 8.30. The molecule has 2 amide bonds. The number of amides is 2. The summed E-state index contributed by atoms with van der Waals surface area (Å²) < 4.78 is 0. The molecule has 0 aromatic carbocycles. The van der Waals surface area contributed by atoms with Crippen LogP contribution in [0.25, 0.3) is 11.6 Å². The first-order valence-corrected chi connectivity index (χ1v) is 8.30. The predicted molar refractivity (Wildman–Crippen MR) is 93.6 cm³/mol. The van der Waals surface area contributed by atoms with Gasteiger partial charge in [0.2, 0.25) is 0 Å². The van der Waals surface area contributed by atoms with E-state index in [2.05, 4.69) is 30.9 Å². The fraction of sp³-hybridized carbons (Fsp3) is 0.353. The van der Waals surface area contributed by atoms with Crippen LogP contribution in [-0.4, -0.2) is 33.6 Å². The minimum atomic E-state index is -0.184. The minimum absolute atomic E-state index is 0.184. The van der Waals surface area contributed by atoms with E-state index in [1.165, 1.54) is 12.8 Å². The maximum Gasteiger partial charge on any atom is 0.320 e. The van der Waals surface area contributed by atoms with Gasteiger partial charge in [-0.15, -0.1) is 0 Å². The highest BCUT2D eigenvalue weighted by Crippen LogP contribution is 2.27. The molecule has 2 aromatic rings. The van der Waals surface area contributed by atoms with Gasteiger partial charge in [0.05, 0.1) is 29.6 Å². The van der Waals surface area contributed by atoms with Crippen LogP contribution >= 0.6 is 0 Å². The number of aromatic amines is 1. The highest BCUT2D eigenvalue weighted by atomic mass is 16.2. The summed E-state index contributed by atoms with van der Waals surface area (Å²) in [7, 11) is 0. The van der Waals surface area contributed by atoms with Crippen molar-refractivity contribution in [2.24, 2.45) is 0 Å². The average Bonchev–Trinajstić information content (AvgIpc) is 3.27. The lowest BCUT2D eigenvalue weighted by molar-refractivity contribution is 0.248. The average molecular weight is 324 g/mol. The molecule has 1 aliphatic heterocycles. The molecule has 0 saturated heterocycles. The lowest BCUT2D eigenvalue weighted by Gasteiger charge is -2.18. The van der Waals surface area contributed by atoms with E-state index < -0.39 is 0 Å². The molecule has 4 N–H and O–H groups in total. The van der Waals surface area contributed by atoms with Crippen LogP contribution < -0.4 is 16.0 Å². The number of urea groups is 1. The lowest BCUT2D eigenvalue weighted by Crippen LogP contribution is -2.36. The summed E-state index contributed by atoms with van der Waals surface area (Å²) >= 11 is 0. The second-order valence-electron chi connectivity index (χ2n) is 6.20. The number of hydrogen-bond donors (Lipinski definition) is 4. The van der Waals surface area contributed by atoms with Crippen molar-refractivity contribution in [2.45, 2.75) is 31.7 Å². The molecule has 0 bridgehead atoms. The molecule has 7 heteroatoms. The molecule has 1 fully saturated rings. The number of carbonyl (C=O) groups excluding carboxylic acids is 1. The fourth-order valence-corrected chi connectivity index (χ4v) is 3.22. The number of fused-ring (bicyclic) bond motifs is 1. The third-order valence-electron chi connectivity index (χ3n) is 4.48. The van der Waals surface area contributed by atoms with Crippen molar-refractivity contribution in [2.75, 3.05) is 17.2 Å². The number of hydrogen-bond acceptors (Lipinski definition) is 4. The number of anilines is 2. The Labute approximate surface area is 140 Å². The number of rotatable bonds is 3. The van der Waals surface area contributed by atoms with Crippen LogP contribution in [0.5, 0.6) is 0 Å². The van der Waals surface area contributed by atoms with E-state index in [9.17, 15) is 4.79 Å². The van der Waals surface area contributed by atoms with Crippen LogP contribution in [-0.2, 0) is 0 Å². The molecular formula is C17H20N6O. The Hall–Kier alpha value is -2.83. The smallest absolute Gasteiger partial charge is 0.320 e.